The number of pyridine rings is 1. The van der Waals surface area contributed by atoms with Gasteiger partial charge in [-0.15, -0.1) is 0 Å². The summed E-state index contributed by atoms with van der Waals surface area (Å²) in [6, 6.07) is 16.3. The van der Waals surface area contributed by atoms with Crippen LogP contribution in [0.25, 0.3) is 10.9 Å². The first kappa shape index (κ1) is 21.8. The Morgan fingerprint density at radius 1 is 1.15 bits per heavy atom. The van der Waals surface area contributed by atoms with E-state index < -0.39 is 0 Å². The highest BCUT2D eigenvalue weighted by Crippen LogP contribution is 2.23. The molecule has 1 aliphatic rings. The number of morpholine rings is 1. The predicted octanol–water partition coefficient (Wildman–Crippen LogP) is 3.28. The fourth-order valence-corrected chi connectivity index (χ4v) is 3.79. The number of hydrazone groups is 1. The highest BCUT2D eigenvalue weighted by Gasteiger charge is 2.17. The van der Waals surface area contributed by atoms with Crippen molar-refractivity contribution in [3.63, 3.8) is 0 Å². The van der Waals surface area contributed by atoms with Crippen molar-refractivity contribution in [2.75, 3.05) is 49.9 Å². The fourth-order valence-electron chi connectivity index (χ4n) is 3.79. The Hall–Kier alpha value is -3.98. The third kappa shape index (κ3) is 5.15. The molecule has 3 aromatic heterocycles. The Labute approximate surface area is 198 Å². The van der Waals surface area contributed by atoms with Gasteiger partial charge < -0.3 is 19.4 Å². The second-order valence-corrected chi connectivity index (χ2v) is 7.94. The van der Waals surface area contributed by atoms with E-state index >= 15 is 0 Å². The van der Waals surface area contributed by atoms with Crippen LogP contribution in [0.15, 0.2) is 66.0 Å². The Morgan fingerprint density at radius 2 is 2.00 bits per heavy atom. The quantitative estimate of drug-likeness (QED) is 0.321. The number of benzene rings is 1. The van der Waals surface area contributed by atoms with Gasteiger partial charge in [0.15, 0.2) is 5.82 Å². The molecule has 5 rings (SSSR count). The first-order chi connectivity index (χ1) is 16.8. The lowest BCUT2D eigenvalue weighted by Gasteiger charge is -2.28. The van der Waals surface area contributed by atoms with Crippen molar-refractivity contribution in [3.05, 3.63) is 72.2 Å². The number of ether oxygens (including phenoxy) is 2. The van der Waals surface area contributed by atoms with Crippen LogP contribution in [0.5, 0.6) is 6.01 Å². The number of fused-ring (bicyclic) bond motifs is 1. The average Bonchev–Trinajstić information content (AvgIpc) is 3.31. The van der Waals surface area contributed by atoms with Gasteiger partial charge in [-0.2, -0.15) is 15.1 Å². The summed E-state index contributed by atoms with van der Waals surface area (Å²) in [6.07, 6.45) is 6.24. The summed E-state index contributed by atoms with van der Waals surface area (Å²) in [5, 5.41) is 7.49. The minimum Gasteiger partial charge on any atom is -0.463 e. The van der Waals surface area contributed by atoms with Crippen molar-refractivity contribution in [3.8, 4) is 6.01 Å². The smallest absolute Gasteiger partial charge is 0.320 e. The molecule has 1 fully saturated rings. The van der Waals surface area contributed by atoms with Crippen molar-refractivity contribution < 1.29 is 9.47 Å². The zero-order valence-corrected chi connectivity index (χ0v) is 19.1. The molecule has 1 N–H and O–H groups in total. The lowest BCUT2D eigenvalue weighted by atomic mass is 10.2. The van der Waals surface area contributed by atoms with E-state index in [0.717, 1.165) is 41.1 Å². The highest BCUT2D eigenvalue weighted by atomic mass is 16.5. The molecule has 9 nitrogen and oxygen atoms in total. The van der Waals surface area contributed by atoms with Crippen molar-refractivity contribution >= 4 is 28.8 Å². The van der Waals surface area contributed by atoms with Gasteiger partial charge in [-0.1, -0.05) is 24.3 Å². The molecular formula is C25H27N7O2. The van der Waals surface area contributed by atoms with E-state index in [9.17, 15) is 0 Å². The van der Waals surface area contributed by atoms with Gasteiger partial charge in [0, 0.05) is 67.2 Å². The zero-order valence-electron chi connectivity index (χ0n) is 19.1. The van der Waals surface area contributed by atoms with Gasteiger partial charge in [0.25, 0.3) is 0 Å². The van der Waals surface area contributed by atoms with Crippen molar-refractivity contribution in [1.29, 1.82) is 0 Å². The van der Waals surface area contributed by atoms with Crippen LogP contribution in [0.1, 0.15) is 11.3 Å². The van der Waals surface area contributed by atoms with Crippen LogP contribution in [0.4, 0.5) is 11.6 Å². The number of nitrogens with one attached hydrogen (secondary N) is 1. The first-order valence-corrected chi connectivity index (χ1v) is 11.3. The summed E-state index contributed by atoms with van der Waals surface area (Å²) in [7, 11) is 1.87. The molecule has 0 amide bonds. The molecule has 1 saturated heterocycles. The van der Waals surface area contributed by atoms with Crippen LogP contribution in [0.2, 0.25) is 0 Å². The van der Waals surface area contributed by atoms with Gasteiger partial charge in [0.1, 0.15) is 5.82 Å². The third-order valence-electron chi connectivity index (χ3n) is 5.65. The van der Waals surface area contributed by atoms with Crippen LogP contribution < -0.4 is 14.6 Å². The summed E-state index contributed by atoms with van der Waals surface area (Å²) in [4.78, 5) is 19.1. The predicted molar refractivity (Wildman–Crippen MR) is 133 cm³/mol. The molecule has 0 bridgehead atoms. The number of aromatic amines is 1. The fraction of sp³-hybridized carbons (Fsp3) is 0.280. The lowest BCUT2D eigenvalue weighted by Crippen LogP contribution is -2.37. The minimum atomic E-state index is 0.323. The van der Waals surface area contributed by atoms with Crippen molar-refractivity contribution in [1.82, 2.24) is 19.9 Å². The maximum absolute atomic E-state index is 5.94. The molecule has 0 atom stereocenters. The maximum Gasteiger partial charge on any atom is 0.320 e. The zero-order chi connectivity index (χ0) is 23.2. The maximum atomic E-state index is 5.94. The van der Waals surface area contributed by atoms with E-state index in [2.05, 4.69) is 36.0 Å². The summed E-state index contributed by atoms with van der Waals surface area (Å²) < 4.78 is 11.4. The van der Waals surface area contributed by atoms with E-state index in [1.54, 1.807) is 11.2 Å². The largest absolute Gasteiger partial charge is 0.463 e. The molecule has 0 unspecified atom stereocenters. The molecule has 4 aromatic rings. The number of aromatic nitrogens is 4. The minimum absolute atomic E-state index is 0.323. The van der Waals surface area contributed by atoms with Crippen molar-refractivity contribution in [2.45, 2.75) is 6.42 Å². The van der Waals surface area contributed by atoms with E-state index in [4.69, 9.17) is 9.47 Å². The number of rotatable bonds is 8. The summed E-state index contributed by atoms with van der Waals surface area (Å²) in [5.74, 6) is 1.45. The SMILES string of the molecule is CN(N=Cc1c[nH]c2ccccc12)c1cc(N2CCOCC2)nc(OCCc2ccccn2)n1. The highest BCUT2D eigenvalue weighted by molar-refractivity contribution is 5.99. The molecule has 0 spiro atoms. The second kappa shape index (κ2) is 10.3. The number of anilines is 2. The molecule has 0 aliphatic carbocycles. The van der Waals surface area contributed by atoms with Crippen molar-refractivity contribution in [2.24, 2.45) is 5.10 Å². The van der Waals surface area contributed by atoms with E-state index in [0.29, 0.717) is 38.1 Å². The average molecular weight is 458 g/mol. The monoisotopic (exact) mass is 457 g/mol. The molecule has 34 heavy (non-hydrogen) atoms. The topological polar surface area (TPSA) is 91.8 Å². The summed E-state index contributed by atoms with van der Waals surface area (Å²) >= 11 is 0. The molecular weight excluding hydrogens is 430 g/mol. The Kier molecular flexibility index (Phi) is 6.62. The number of hydrogen-bond acceptors (Lipinski definition) is 8. The van der Waals surface area contributed by atoms with E-state index in [1.807, 2.05) is 61.9 Å². The van der Waals surface area contributed by atoms with Gasteiger partial charge >= 0.3 is 6.01 Å². The molecule has 0 saturated carbocycles. The normalized spacial score (nSPS) is 14.1. The van der Waals surface area contributed by atoms with Gasteiger partial charge in [-0.05, 0) is 18.2 Å². The Bertz CT molecular complexity index is 1250. The van der Waals surface area contributed by atoms with Gasteiger partial charge in [0.2, 0.25) is 0 Å². The van der Waals surface area contributed by atoms with Crippen LogP contribution in [-0.2, 0) is 11.2 Å². The van der Waals surface area contributed by atoms with E-state index in [-0.39, 0.29) is 0 Å². The third-order valence-corrected chi connectivity index (χ3v) is 5.65. The van der Waals surface area contributed by atoms with Crippen LogP contribution in [0.3, 0.4) is 0 Å². The van der Waals surface area contributed by atoms with Crippen LogP contribution in [-0.4, -0.2) is 66.1 Å². The number of para-hydroxylation sites is 1. The molecule has 174 valence electrons. The van der Waals surface area contributed by atoms with Crippen LogP contribution >= 0.6 is 0 Å². The molecule has 1 aliphatic heterocycles. The van der Waals surface area contributed by atoms with E-state index in [1.165, 1.54) is 0 Å². The molecule has 4 heterocycles. The lowest BCUT2D eigenvalue weighted by molar-refractivity contribution is 0.122. The van der Waals surface area contributed by atoms with Crippen LogP contribution in [0, 0.1) is 0 Å². The standard InChI is InChI=1S/C25H27N7O2/c1-31(28-18-19-17-27-22-8-3-2-7-21(19)22)23-16-24(32-11-14-33-15-12-32)30-25(29-23)34-13-9-20-6-4-5-10-26-20/h2-8,10,16-18,27H,9,11-15H2,1H3. The summed E-state index contributed by atoms with van der Waals surface area (Å²) in [6.45, 7) is 3.32. The number of hydrogen-bond donors (Lipinski definition) is 1. The first-order valence-electron chi connectivity index (χ1n) is 11.3. The van der Waals surface area contributed by atoms with Gasteiger partial charge in [-0.25, -0.2) is 0 Å². The Balaban J connectivity index is 1.36. The second-order valence-electron chi connectivity index (χ2n) is 7.94. The summed E-state index contributed by atoms with van der Waals surface area (Å²) in [5.41, 5.74) is 3.05. The molecule has 1 aromatic carbocycles. The van der Waals surface area contributed by atoms with Gasteiger partial charge in [0.05, 0.1) is 26.0 Å². The van der Waals surface area contributed by atoms with Gasteiger partial charge in [-0.3, -0.25) is 9.99 Å². The molecule has 0 radical (unpaired) electrons. The number of nitrogens with zero attached hydrogens (tertiary/aromatic N) is 6. The number of H-pyrrole nitrogens is 1. The Morgan fingerprint density at radius 3 is 2.85 bits per heavy atom. The molecule has 9 heteroatoms.